The van der Waals surface area contributed by atoms with Gasteiger partial charge in [-0.3, -0.25) is 14.6 Å². The molecule has 0 spiro atoms. The van der Waals surface area contributed by atoms with Gasteiger partial charge < -0.3 is 4.90 Å². The highest BCUT2D eigenvalue weighted by atomic mass is 16.2. The number of amides is 1. The maximum Gasteiger partial charge on any atom is 0.275 e. The number of pyridine rings is 1. The van der Waals surface area contributed by atoms with Crippen LogP contribution >= 0.6 is 0 Å². The topological polar surface area (TPSA) is 68.1 Å². The lowest BCUT2D eigenvalue weighted by molar-refractivity contribution is -0.133. The molecule has 2 aromatic heterocycles. The van der Waals surface area contributed by atoms with Crippen molar-refractivity contribution in [1.82, 2.24) is 19.7 Å². The molecule has 6 heteroatoms. The first kappa shape index (κ1) is 18.3. The van der Waals surface area contributed by atoms with Gasteiger partial charge in [-0.05, 0) is 36.5 Å². The van der Waals surface area contributed by atoms with E-state index >= 15 is 0 Å². The van der Waals surface area contributed by atoms with Gasteiger partial charge in [0.2, 0.25) is 5.91 Å². The molecule has 1 fully saturated rings. The highest BCUT2D eigenvalue weighted by Crippen LogP contribution is 2.18. The lowest BCUT2D eigenvalue weighted by Gasteiger charge is -2.30. The van der Waals surface area contributed by atoms with Crippen LogP contribution in [0, 0.1) is 5.92 Å². The molecule has 0 aliphatic carbocycles. The van der Waals surface area contributed by atoms with Crippen molar-refractivity contribution in [1.29, 1.82) is 0 Å². The van der Waals surface area contributed by atoms with E-state index in [-0.39, 0.29) is 18.0 Å². The Labute approximate surface area is 163 Å². The van der Waals surface area contributed by atoms with Gasteiger partial charge in [0, 0.05) is 37.3 Å². The Morgan fingerprint density at radius 2 is 1.86 bits per heavy atom. The van der Waals surface area contributed by atoms with E-state index in [1.807, 2.05) is 35.2 Å². The molecule has 0 radical (unpaired) electrons. The highest BCUT2D eigenvalue weighted by molar-refractivity contribution is 5.84. The Balaban J connectivity index is 1.67. The highest BCUT2D eigenvalue weighted by Gasteiger charge is 2.22. The largest absolute Gasteiger partial charge is 0.341 e. The molecule has 0 bridgehead atoms. The van der Waals surface area contributed by atoms with Crippen LogP contribution in [0.3, 0.4) is 0 Å². The third kappa shape index (κ3) is 3.81. The Kier molecular flexibility index (Phi) is 5.19. The number of hydrogen-bond donors (Lipinski definition) is 0. The monoisotopic (exact) mass is 376 g/mol. The summed E-state index contributed by atoms with van der Waals surface area (Å²) >= 11 is 0. The van der Waals surface area contributed by atoms with Crippen molar-refractivity contribution in [2.75, 3.05) is 13.1 Å². The van der Waals surface area contributed by atoms with Gasteiger partial charge in [-0.25, -0.2) is 4.68 Å². The van der Waals surface area contributed by atoms with Crippen LogP contribution in [-0.2, 0) is 17.8 Å². The van der Waals surface area contributed by atoms with Crippen LogP contribution < -0.4 is 5.56 Å². The molecule has 3 aromatic rings. The molecule has 3 heterocycles. The predicted molar refractivity (Wildman–Crippen MR) is 108 cm³/mol. The normalized spacial score (nSPS) is 15.1. The van der Waals surface area contributed by atoms with Crippen LogP contribution in [0.25, 0.3) is 10.8 Å². The molecule has 6 nitrogen and oxygen atoms in total. The maximum absolute atomic E-state index is 12.9. The van der Waals surface area contributed by atoms with Gasteiger partial charge >= 0.3 is 0 Å². The van der Waals surface area contributed by atoms with Crippen molar-refractivity contribution in [3.8, 4) is 0 Å². The molecule has 0 N–H and O–H groups in total. The van der Waals surface area contributed by atoms with Crippen molar-refractivity contribution in [2.24, 2.45) is 5.92 Å². The smallest absolute Gasteiger partial charge is 0.275 e. The molecule has 28 heavy (non-hydrogen) atoms. The minimum Gasteiger partial charge on any atom is -0.341 e. The minimum absolute atomic E-state index is 0.0158. The first-order valence-corrected chi connectivity index (χ1v) is 9.77. The molecular weight excluding hydrogens is 352 g/mol. The Hall–Kier alpha value is -3.02. The summed E-state index contributed by atoms with van der Waals surface area (Å²) in [6.07, 6.45) is 6.11. The van der Waals surface area contributed by atoms with Gasteiger partial charge in [0.05, 0.1) is 11.1 Å². The average Bonchev–Trinajstić information content (AvgIpc) is 2.72. The van der Waals surface area contributed by atoms with E-state index in [1.165, 1.54) is 4.68 Å². The van der Waals surface area contributed by atoms with Crippen molar-refractivity contribution in [2.45, 2.75) is 32.7 Å². The fourth-order valence-corrected chi connectivity index (χ4v) is 3.73. The van der Waals surface area contributed by atoms with E-state index in [0.29, 0.717) is 17.7 Å². The van der Waals surface area contributed by atoms with E-state index in [0.717, 1.165) is 42.6 Å². The van der Waals surface area contributed by atoms with Crippen LogP contribution in [0.2, 0.25) is 0 Å². The number of carbonyl (C=O) groups excluding carboxylic acids is 1. The second-order valence-corrected chi connectivity index (χ2v) is 7.56. The second-order valence-electron chi connectivity index (χ2n) is 7.56. The predicted octanol–water partition coefficient (Wildman–Crippen LogP) is 2.64. The van der Waals surface area contributed by atoms with Crippen LogP contribution in [-0.4, -0.2) is 38.7 Å². The van der Waals surface area contributed by atoms with Gasteiger partial charge in [-0.15, -0.1) is 0 Å². The molecule has 1 aliphatic rings. The van der Waals surface area contributed by atoms with E-state index in [9.17, 15) is 9.59 Å². The summed E-state index contributed by atoms with van der Waals surface area (Å²) in [4.78, 5) is 31.7. The fourth-order valence-electron chi connectivity index (χ4n) is 3.73. The summed E-state index contributed by atoms with van der Waals surface area (Å²) < 4.78 is 1.33. The summed E-state index contributed by atoms with van der Waals surface area (Å²) in [6, 6.07) is 11.3. The molecular formula is C22H24N4O2. The SMILES string of the molecule is CC1CCN(C(=O)Cn2nc(Cc3cccnc3)c3ccccc3c2=O)CC1. The fraction of sp³-hybridized carbons (Fsp3) is 0.364. The number of likely N-dealkylation sites (tertiary alicyclic amines) is 1. The van der Waals surface area contributed by atoms with Gasteiger partial charge in [0.25, 0.3) is 5.56 Å². The molecule has 0 unspecified atom stereocenters. The van der Waals surface area contributed by atoms with Crippen LogP contribution in [0.5, 0.6) is 0 Å². The summed E-state index contributed by atoms with van der Waals surface area (Å²) in [5, 5.41) is 5.99. The molecule has 144 valence electrons. The Morgan fingerprint density at radius 3 is 2.57 bits per heavy atom. The van der Waals surface area contributed by atoms with Gasteiger partial charge in [0.1, 0.15) is 6.54 Å². The van der Waals surface area contributed by atoms with E-state index in [4.69, 9.17) is 0 Å². The summed E-state index contributed by atoms with van der Waals surface area (Å²) in [7, 11) is 0. The maximum atomic E-state index is 12.9. The number of fused-ring (bicyclic) bond motifs is 1. The number of benzene rings is 1. The first-order chi connectivity index (χ1) is 13.6. The van der Waals surface area contributed by atoms with Crippen molar-refractivity contribution >= 4 is 16.7 Å². The number of piperidine rings is 1. The number of rotatable bonds is 4. The Morgan fingerprint density at radius 1 is 1.11 bits per heavy atom. The van der Waals surface area contributed by atoms with Gasteiger partial charge in [0.15, 0.2) is 0 Å². The molecule has 1 saturated heterocycles. The number of carbonyl (C=O) groups is 1. The lowest BCUT2D eigenvalue weighted by atomic mass is 9.99. The van der Waals surface area contributed by atoms with Crippen molar-refractivity contribution in [3.05, 3.63) is 70.4 Å². The number of nitrogens with zero attached hydrogens (tertiary/aromatic N) is 4. The average molecular weight is 376 g/mol. The molecule has 4 rings (SSSR count). The van der Waals surface area contributed by atoms with E-state index in [1.54, 1.807) is 18.5 Å². The quantitative estimate of drug-likeness (QED) is 0.702. The second kappa shape index (κ2) is 7.92. The van der Waals surface area contributed by atoms with Crippen molar-refractivity contribution < 1.29 is 4.79 Å². The molecule has 1 aliphatic heterocycles. The van der Waals surface area contributed by atoms with E-state index < -0.39 is 0 Å². The third-order valence-corrected chi connectivity index (χ3v) is 5.46. The minimum atomic E-state index is -0.218. The third-order valence-electron chi connectivity index (χ3n) is 5.46. The standard InChI is InChI=1S/C22H24N4O2/c1-16-8-11-25(12-9-16)21(27)15-26-22(28)19-7-3-2-6-18(19)20(24-26)13-17-5-4-10-23-14-17/h2-7,10,14,16H,8-9,11-13,15H2,1H3. The summed E-state index contributed by atoms with van der Waals surface area (Å²) in [6.45, 7) is 3.70. The van der Waals surface area contributed by atoms with Gasteiger partial charge in [-0.2, -0.15) is 5.10 Å². The zero-order chi connectivity index (χ0) is 19.5. The number of hydrogen-bond acceptors (Lipinski definition) is 4. The van der Waals surface area contributed by atoms with Crippen LogP contribution in [0.4, 0.5) is 0 Å². The summed E-state index contributed by atoms with van der Waals surface area (Å²) in [5.41, 5.74) is 1.58. The zero-order valence-corrected chi connectivity index (χ0v) is 16.0. The molecule has 1 amide bonds. The first-order valence-electron chi connectivity index (χ1n) is 9.77. The van der Waals surface area contributed by atoms with Gasteiger partial charge in [-0.1, -0.05) is 31.2 Å². The van der Waals surface area contributed by atoms with Crippen molar-refractivity contribution in [3.63, 3.8) is 0 Å². The Bertz CT molecular complexity index is 1040. The van der Waals surface area contributed by atoms with E-state index in [2.05, 4.69) is 17.0 Å². The van der Waals surface area contributed by atoms with Crippen LogP contribution in [0.1, 0.15) is 31.0 Å². The zero-order valence-electron chi connectivity index (χ0n) is 16.0. The van der Waals surface area contributed by atoms with Crippen LogP contribution in [0.15, 0.2) is 53.6 Å². The molecule has 0 saturated carbocycles. The molecule has 0 atom stereocenters. The number of aromatic nitrogens is 3. The molecule has 1 aromatic carbocycles. The summed E-state index contributed by atoms with van der Waals surface area (Å²) in [5.74, 6) is 0.612. The lowest BCUT2D eigenvalue weighted by Crippen LogP contribution is -2.41.